The Morgan fingerprint density at radius 3 is 2.40 bits per heavy atom. The molecule has 0 bridgehead atoms. The van der Waals surface area contributed by atoms with Gasteiger partial charge in [-0.3, -0.25) is 9.69 Å². The number of hydrogen-bond acceptors (Lipinski definition) is 6. The number of amides is 1. The number of ether oxygens (including phenoxy) is 2. The summed E-state index contributed by atoms with van der Waals surface area (Å²) in [5, 5.41) is 1.39. The first-order valence-corrected chi connectivity index (χ1v) is 10.9. The molecular weight excluding hydrogens is 445 g/mol. The summed E-state index contributed by atoms with van der Waals surface area (Å²) in [6, 6.07) is 8.56. The van der Waals surface area contributed by atoms with Gasteiger partial charge in [-0.25, -0.2) is 4.98 Å². The summed E-state index contributed by atoms with van der Waals surface area (Å²) in [6.45, 7) is 1.34. The molecule has 9 heteroatoms. The van der Waals surface area contributed by atoms with Gasteiger partial charge in [-0.15, -0.1) is 0 Å². The minimum absolute atomic E-state index is 0.214. The molecular formula is C21H23Cl2N3O3S. The normalized spacial score (nSPS) is 11.2. The number of hydrogen-bond donors (Lipinski definition) is 0. The summed E-state index contributed by atoms with van der Waals surface area (Å²) in [4.78, 5) is 21.8. The van der Waals surface area contributed by atoms with Crippen molar-refractivity contribution < 1.29 is 14.3 Å². The van der Waals surface area contributed by atoms with Crippen molar-refractivity contribution in [3.05, 3.63) is 45.9 Å². The van der Waals surface area contributed by atoms with E-state index >= 15 is 0 Å². The molecule has 1 aromatic heterocycles. The van der Waals surface area contributed by atoms with Crippen LogP contribution in [0.25, 0.3) is 10.2 Å². The summed E-state index contributed by atoms with van der Waals surface area (Å²) >= 11 is 13.7. The molecule has 0 spiro atoms. The Balaban J connectivity index is 2.01. The maximum absolute atomic E-state index is 13.4. The highest BCUT2D eigenvalue weighted by Crippen LogP contribution is 2.38. The van der Waals surface area contributed by atoms with E-state index in [2.05, 4.69) is 4.90 Å². The smallest absolute Gasteiger partial charge is 0.261 e. The van der Waals surface area contributed by atoms with Crippen molar-refractivity contribution in [2.24, 2.45) is 0 Å². The molecule has 3 rings (SSSR count). The lowest BCUT2D eigenvalue weighted by Crippen LogP contribution is -2.33. The van der Waals surface area contributed by atoms with Crippen molar-refractivity contribution in [2.75, 3.05) is 46.3 Å². The van der Waals surface area contributed by atoms with Crippen LogP contribution in [-0.2, 0) is 0 Å². The van der Waals surface area contributed by atoms with Gasteiger partial charge >= 0.3 is 0 Å². The standard InChI is InChI=1S/C21H23Cl2N3O3S/c1-25(2)8-5-9-26(20(27)14-7-6-13(22)10-15(14)23)21-24-16-11-17(28-3)18(29-4)12-19(16)30-21/h6-7,10-12H,5,8-9H2,1-4H3. The Labute approximate surface area is 189 Å². The number of benzene rings is 2. The van der Waals surface area contributed by atoms with Gasteiger partial charge in [0, 0.05) is 23.7 Å². The van der Waals surface area contributed by atoms with Crippen LogP contribution >= 0.6 is 34.5 Å². The van der Waals surface area contributed by atoms with Gasteiger partial charge in [-0.05, 0) is 45.3 Å². The van der Waals surface area contributed by atoms with Gasteiger partial charge in [-0.1, -0.05) is 34.5 Å². The maximum Gasteiger partial charge on any atom is 0.261 e. The predicted molar refractivity (Wildman–Crippen MR) is 124 cm³/mol. The number of fused-ring (bicyclic) bond motifs is 1. The number of carbonyl (C=O) groups excluding carboxylic acids is 1. The van der Waals surface area contributed by atoms with Crippen LogP contribution in [0, 0.1) is 0 Å². The number of methoxy groups -OCH3 is 2. The van der Waals surface area contributed by atoms with Crippen LogP contribution in [0.4, 0.5) is 5.13 Å². The second-order valence-corrected chi connectivity index (χ2v) is 8.76. The second kappa shape index (κ2) is 9.83. The molecule has 0 fully saturated rings. The Bertz CT molecular complexity index is 1010. The molecule has 0 aliphatic rings. The highest BCUT2D eigenvalue weighted by Gasteiger charge is 2.24. The zero-order valence-electron chi connectivity index (χ0n) is 17.2. The largest absolute Gasteiger partial charge is 0.493 e. The van der Waals surface area contributed by atoms with E-state index in [0.717, 1.165) is 23.2 Å². The van der Waals surface area contributed by atoms with Crippen molar-refractivity contribution in [3.63, 3.8) is 0 Å². The SMILES string of the molecule is COc1cc2nc(N(CCCN(C)C)C(=O)c3ccc(Cl)cc3Cl)sc2cc1OC. The second-order valence-electron chi connectivity index (χ2n) is 6.91. The minimum Gasteiger partial charge on any atom is -0.493 e. The van der Waals surface area contributed by atoms with Crippen LogP contribution in [-0.4, -0.2) is 57.2 Å². The van der Waals surface area contributed by atoms with Crippen LogP contribution in [0.2, 0.25) is 10.0 Å². The molecule has 6 nitrogen and oxygen atoms in total. The number of carbonyl (C=O) groups is 1. The third-order valence-corrected chi connectivity index (χ3v) is 6.10. The summed E-state index contributed by atoms with van der Waals surface area (Å²) in [5.41, 5.74) is 1.13. The van der Waals surface area contributed by atoms with Crippen molar-refractivity contribution >= 4 is 55.8 Å². The van der Waals surface area contributed by atoms with Crippen LogP contribution in [0.3, 0.4) is 0 Å². The Kier molecular flexibility index (Phi) is 7.41. The lowest BCUT2D eigenvalue weighted by atomic mass is 10.2. The molecule has 3 aromatic rings. The summed E-state index contributed by atoms with van der Waals surface area (Å²) in [5.74, 6) is 0.993. The molecule has 1 amide bonds. The third-order valence-electron chi connectivity index (χ3n) is 4.51. The summed E-state index contributed by atoms with van der Waals surface area (Å²) in [6.07, 6.45) is 0.784. The molecule has 0 aliphatic carbocycles. The summed E-state index contributed by atoms with van der Waals surface area (Å²) in [7, 11) is 7.17. The number of anilines is 1. The van der Waals surface area contributed by atoms with E-state index in [1.54, 1.807) is 37.3 Å². The monoisotopic (exact) mass is 467 g/mol. The van der Waals surface area contributed by atoms with Gasteiger partial charge in [-0.2, -0.15) is 0 Å². The fourth-order valence-electron chi connectivity index (χ4n) is 3.00. The molecule has 0 aliphatic heterocycles. The van der Waals surface area contributed by atoms with E-state index in [-0.39, 0.29) is 5.91 Å². The average Bonchev–Trinajstić information content (AvgIpc) is 3.11. The van der Waals surface area contributed by atoms with Crippen LogP contribution in [0.15, 0.2) is 30.3 Å². The van der Waals surface area contributed by atoms with E-state index < -0.39 is 0 Å². The topological polar surface area (TPSA) is 54.9 Å². The molecule has 2 aromatic carbocycles. The van der Waals surface area contributed by atoms with Gasteiger partial charge in [0.15, 0.2) is 16.6 Å². The summed E-state index contributed by atoms with van der Waals surface area (Å²) < 4.78 is 11.7. The number of thiazole rings is 1. The fourth-order valence-corrected chi connectivity index (χ4v) is 4.49. The van der Waals surface area contributed by atoms with E-state index in [9.17, 15) is 4.79 Å². The molecule has 160 valence electrons. The zero-order chi connectivity index (χ0) is 21.8. The fraction of sp³-hybridized carbons (Fsp3) is 0.333. The first-order valence-electron chi connectivity index (χ1n) is 9.28. The van der Waals surface area contributed by atoms with E-state index in [4.69, 9.17) is 37.7 Å². The minimum atomic E-state index is -0.214. The lowest BCUT2D eigenvalue weighted by molar-refractivity contribution is 0.0986. The van der Waals surface area contributed by atoms with Gasteiger partial charge < -0.3 is 14.4 Å². The van der Waals surface area contributed by atoms with Gasteiger partial charge in [0.05, 0.1) is 35.0 Å². The lowest BCUT2D eigenvalue weighted by Gasteiger charge is -2.21. The first kappa shape index (κ1) is 22.6. The van der Waals surface area contributed by atoms with E-state index in [0.29, 0.717) is 38.8 Å². The number of rotatable bonds is 8. The highest BCUT2D eigenvalue weighted by molar-refractivity contribution is 7.22. The zero-order valence-corrected chi connectivity index (χ0v) is 19.6. The van der Waals surface area contributed by atoms with Gasteiger partial charge in [0.25, 0.3) is 5.91 Å². The number of aromatic nitrogens is 1. The highest BCUT2D eigenvalue weighted by atomic mass is 35.5. The van der Waals surface area contributed by atoms with Gasteiger partial charge in [0.2, 0.25) is 0 Å². The van der Waals surface area contributed by atoms with Crippen molar-refractivity contribution in [1.29, 1.82) is 0 Å². The number of nitrogens with zero attached hydrogens (tertiary/aromatic N) is 3. The average molecular weight is 468 g/mol. The van der Waals surface area contributed by atoms with Crippen molar-refractivity contribution in [2.45, 2.75) is 6.42 Å². The molecule has 0 unspecified atom stereocenters. The van der Waals surface area contributed by atoms with Crippen LogP contribution in [0.5, 0.6) is 11.5 Å². The van der Waals surface area contributed by atoms with Crippen molar-refractivity contribution in [1.82, 2.24) is 9.88 Å². The van der Waals surface area contributed by atoms with Crippen LogP contribution < -0.4 is 14.4 Å². The van der Waals surface area contributed by atoms with E-state index in [1.807, 2.05) is 26.2 Å². The van der Waals surface area contributed by atoms with Crippen LogP contribution in [0.1, 0.15) is 16.8 Å². The quantitative estimate of drug-likeness (QED) is 0.454. The van der Waals surface area contributed by atoms with E-state index in [1.165, 1.54) is 11.3 Å². The molecule has 0 radical (unpaired) electrons. The Hall–Kier alpha value is -2.06. The molecule has 0 saturated carbocycles. The molecule has 1 heterocycles. The maximum atomic E-state index is 13.4. The molecule has 0 saturated heterocycles. The Morgan fingerprint density at radius 2 is 1.77 bits per heavy atom. The Morgan fingerprint density at radius 1 is 1.07 bits per heavy atom. The third kappa shape index (κ3) is 4.98. The molecule has 0 atom stereocenters. The van der Waals surface area contributed by atoms with Gasteiger partial charge in [0.1, 0.15) is 0 Å². The first-order chi connectivity index (χ1) is 14.3. The number of halogens is 2. The van der Waals surface area contributed by atoms with Crippen molar-refractivity contribution in [3.8, 4) is 11.5 Å². The predicted octanol–water partition coefficient (Wildman–Crippen LogP) is 5.22. The molecule has 30 heavy (non-hydrogen) atoms. The molecule has 0 N–H and O–H groups in total.